The number of carbonyl (C=O) groups is 1. The van der Waals surface area contributed by atoms with Crippen LogP contribution in [0.3, 0.4) is 0 Å². The Balaban J connectivity index is 2.37. The molecule has 0 saturated carbocycles. The molecule has 1 heterocycles. The van der Waals surface area contributed by atoms with Crippen LogP contribution in [0.25, 0.3) is 0 Å². The van der Waals surface area contributed by atoms with Crippen LogP contribution in [-0.4, -0.2) is 16.1 Å². The highest BCUT2D eigenvalue weighted by molar-refractivity contribution is 14.1. The van der Waals surface area contributed by atoms with Gasteiger partial charge in [0.15, 0.2) is 0 Å². The fraction of sp³-hybridized carbons (Fsp3) is 0. The van der Waals surface area contributed by atoms with Gasteiger partial charge in [-0.25, -0.2) is 4.79 Å². The second-order valence-corrected chi connectivity index (χ2v) is 4.37. The van der Waals surface area contributed by atoms with E-state index in [4.69, 9.17) is 9.84 Å². The van der Waals surface area contributed by atoms with E-state index < -0.39 is 5.97 Å². The summed E-state index contributed by atoms with van der Waals surface area (Å²) in [5, 5.41) is 8.99. The van der Waals surface area contributed by atoms with Gasteiger partial charge in [0, 0.05) is 18.5 Å². The number of ether oxygens (including phenoxy) is 1. The van der Waals surface area contributed by atoms with Crippen LogP contribution in [0, 0.1) is 3.57 Å². The molecule has 5 heteroatoms. The Morgan fingerprint density at radius 2 is 2.00 bits per heavy atom. The molecule has 0 unspecified atom stereocenters. The fourth-order valence-electron chi connectivity index (χ4n) is 1.28. The molecular formula is C12H8INO3. The zero-order chi connectivity index (χ0) is 12.3. The maximum atomic E-state index is 11.0. The van der Waals surface area contributed by atoms with Crippen molar-refractivity contribution in [2.45, 2.75) is 0 Å². The summed E-state index contributed by atoms with van der Waals surface area (Å²) in [6.45, 7) is 0. The van der Waals surface area contributed by atoms with Crippen LogP contribution in [0.5, 0.6) is 11.5 Å². The molecule has 1 N–H and O–H groups in total. The van der Waals surface area contributed by atoms with Crippen LogP contribution in [0.1, 0.15) is 10.4 Å². The third-order valence-electron chi connectivity index (χ3n) is 2.07. The van der Waals surface area contributed by atoms with E-state index in [0.29, 0.717) is 5.75 Å². The number of carboxylic acid groups (broad SMARTS) is 1. The van der Waals surface area contributed by atoms with Crippen molar-refractivity contribution in [2.75, 3.05) is 0 Å². The molecule has 0 fully saturated rings. The number of pyridine rings is 1. The van der Waals surface area contributed by atoms with Gasteiger partial charge in [0.1, 0.15) is 17.1 Å². The number of aromatic nitrogens is 1. The molecular weight excluding hydrogens is 333 g/mol. The molecule has 0 bridgehead atoms. The summed E-state index contributed by atoms with van der Waals surface area (Å²) in [5.41, 5.74) is 0.0483. The van der Waals surface area contributed by atoms with Crippen LogP contribution < -0.4 is 4.74 Å². The minimum absolute atomic E-state index is 0.0483. The molecule has 86 valence electrons. The lowest BCUT2D eigenvalue weighted by molar-refractivity contribution is 0.0693. The topological polar surface area (TPSA) is 59.4 Å². The van der Waals surface area contributed by atoms with E-state index in [1.165, 1.54) is 18.5 Å². The Kier molecular flexibility index (Phi) is 3.58. The van der Waals surface area contributed by atoms with Gasteiger partial charge >= 0.3 is 5.97 Å². The highest BCUT2D eigenvalue weighted by atomic mass is 127. The number of nitrogens with zero attached hydrogens (tertiary/aromatic N) is 1. The monoisotopic (exact) mass is 341 g/mol. The van der Waals surface area contributed by atoms with Crippen LogP contribution in [0.15, 0.2) is 42.7 Å². The zero-order valence-corrected chi connectivity index (χ0v) is 10.8. The summed E-state index contributed by atoms with van der Waals surface area (Å²) < 4.78 is 6.49. The molecule has 0 spiro atoms. The Morgan fingerprint density at radius 1 is 1.24 bits per heavy atom. The van der Waals surface area contributed by atoms with Crippen molar-refractivity contribution in [1.29, 1.82) is 0 Å². The lowest BCUT2D eigenvalue weighted by Gasteiger charge is -2.09. The van der Waals surface area contributed by atoms with E-state index in [2.05, 4.69) is 27.6 Å². The Bertz CT molecular complexity index is 557. The number of aromatic carboxylic acids is 1. The minimum Gasteiger partial charge on any atom is -0.477 e. The summed E-state index contributed by atoms with van der Waals surface area (Å²) in [6.07, 6.45) is 2.77. The first-order chi connectivity index (χ1) is 8.18. The molecule has 4 nitrogen and oxygen atoms in total. The molecule has 2 rings (SSSR count). The van der Waals surface area contributed by atoms with Gasteiger partial charge in [0.05, 0.1) is 3.57 Å². The van der Waals surface area contributed by atoms with Crippen molar-refractivity contribution < 1.29 is 14.6 Å². The van der Waals surface area contributed by atoms with Crippen LogP contribution >= 0.6 is 22.6 Å². The summed E-state index contributed by atoms with van der Waals surface area (Å²) in [7, 11) is 0. The Hall–Kier alpha value is -1.63. The maximum absolute atomic E-state index is 11.0. The number of para-hydroxylation sites is 1. The van der Waals surface area contributed by atoms with Crippen molar-refractivity contribution in [3.05, 3.63) is 51.9 Å². The predicted molar refractivity (Wildman–Crippen MR) is 70.4 cm³/mol. The number of rotatable bonds is 3. The van der Waals surface area contributed by atoms with Crippen LogP contribution in [0.4, 0.5) is 0 Å². The largest absolute Gasteiger partial charge is 0.477 e. The summed E-state index contributed by atoms with van der Waals surface area (Å²) in [4.78, 5) is 14.7. The standard InChI is InChI=1S/C12H8INO3/c13-9-3-1-2-4-11(9)17-10-5-6-14-7-8(10)12(15)16/h1-7H,(H,15,16). The van der Waals surface area contributed by atoms with Gasteiger partial charge < -0.3 is 9.84 Å². The zero-order valence-electron chi connectivity index (χ0n) is 8.63. The van der Waals surface area contributed by atoms with Gasteiger partial charge in [-0.05, 0) is 34.7 Å². The number of carboxylic acids is 1. The average Bonchev–Trinajstić information content (AvgIpc) is 2.32. The Labute approximate surface area is 111 Å². The quantitative estimate of drug-likeness (QED) is 0.872. The molecule has 1 aromatic heterocycles. The van der Waals surface area contributed by atoms with Gasteiger partial charge in [-0.3, -0.25) is 4.98 Å². The molecule has 2 aromatic rings. The van der Waals surface area contributed by atoms with Gasteiger partial charge in [0.25, 0.3) is 0 Å². The number of hydrogen-bond donors (Lipinski definition) is 1. The molecule has 0 radical (unpaired) electrons. The number of benzene rings is 1. The first-order valence-electron chi connectivity index (χ1n) is 4.78. The first-order valence-corrected chi connectivity index (χ1v) is 5.86. The summed E-state index contributed by atoms with van der Waals surface area (Å²) in [6, 6.07) is 8.93. The van der Waals surface area contributed by atoms with E-state index in [1.807, 2.05) is 18.2 Å². The second-order valence-electron chi connectivity index (χ2n) is 3.21. The third-order valence-corrected chi connectivity index (χ3v) is 2.96. The second kappa shape index (κ2) is 5.13. The average molecular weight is 341 g/mol. The van der Waals surface area contributed by atoms with Crippen LogP contribution in [-0.2, 0) is 0 Å². The first kappa shape index (κ1) is 11.8. The molecule has 0 saturated heterocycles. The SMILES string of the molecule is O=C(O)c1cnccc1Oc1ccccc1I. The molecule has 0 amide bonds. The molecule has 0 aliphatic heterocycles. The highest BCUT2D eigenvalue weighted by Crippen LogP contribution is 2.28. The minimum atomic E-state index is -1.06. The van der Waals surface area contributed by atoms with E-state index in [9.17, 15) is 4.79 Å². The number of hydrogen-bond acceptors (Lipinski definition) is 3. The molecule has 17 heavy (non-hydrogen) atoms. The maximum Gasteiger partial charge on any atom is 0.341 e. The number of halogens is 1. The smallest absolute Gasteiger partial charge is 0.341 e. The lowest BCUT2D eigenvalue weighted by Crippen LogP contribution is -2.01. The predicted octanol–water partition coefficient (Wildman–Crippen LogP) is 3.18. The van der Waals surface area contributed by atoms with Gasteiger partial charge in [-0.2, -0.15) is 0 Å². The molecule has 1 aromatic carbocycles. The lowest BCUT2D eigenvalue weighted by atomic mass is 10.2. The van der Waals surface area contributed by atoms with Crippen molar-refractivity contribution in [2.24, 2.45) is 0 Å². The fourth-order valence-corrected chi connectivity index (χ4v) is 1.77. The summed E-state index contributed by atoms with van der Waals surface area (Å²) >= 11 is 2.13. The van der Waals surface area contributed by atoms with E-state index in [-0.39, 0.29) is 11.3 Å². The van der Waals surface area contributed by atoms with E-state index >= 15 is 0 Å². The van der Waals surface area contributed by atoms with Crippen molar-refractivity contribution in [1.82, 2.24) is 4.98 Å². The summed E-state index contributed by atoms with van der Waals surface area (Å²) in [5.74, 6) is -0.141. The normalized spacial score (nSPS) is 9.94. The van der Waals surface area contributed by atoms with E-state index in [1.54, 1.807) is 6.07 Å². The van der Waals surface area contributed by atoms with Crippen molar-refractivity contribution >= 4 is 28.6 Å². The van der Waals surface area contributed by atoms with Gasteiger partial charge in [-0.1, -0.05) is 12.1 Å². The van der Waals surface area contributed by atoms with Gasteiger partial charge in [-0.15, -0.1) is 0 Å². The molecule has 0 atom stereocenters. The Morgan fingerprint density at radius 3 is 2.71 bits per heavy atom. The van der Waals surface area contributed by atoms with E-state index in [0.717, 1.165) is 3.57 Å². The van der Waals surface area contributed by atoms with Gasteiger partial charge in [0.2, 0.25) is 0 Å². The van der Waals surface area contributed by atoms with Crippen molar-refractivity contribution in [3.63, 3.8) is 0 Å². The van der Waals surface area contributed by atoms with Crippen molar-refractivity contribution in [3.8, 4) is 11.5 Å². The third kappa shape index (κ3) is 2.73. The van der Waals surface area contributed by atoms with Crippen LogP contribution in [0.2, 0.25) is 0 Å². The molecule has 0 aliphatic carbocycles. The highest BCUT2D eigenvalue weighted by Gasteiger charge is 2.12. The molecule has 0 aliphatic rings.